The summed E-state index contributed by atoms with van der Waals surface area (Å²) in [6.07, 6.45) is -0.00212. The second-order valence-corrected chi connectivity index (χ2v) is 4.52. The average Bonchev–Trinajstić information content (AvgIpc) is 2.39. The van der Waals surface area contributed by atoms with Crippen molar-refractivity contribution in [2.45, 2.75) is 13.3 Å². The molecule has 0 spiro atoms. The fourth-order valence-electron chi connectivity index (χ4n) is 1.84. The number of amides is 1. The zero-order valence-corrected chi connectivity index (χ0v) is 10.9. The number of hydrogen-bond acceptors (Lipinski definition) is 2. The topological polar surface area (TPSA) is 55.1 Å². The molecule has 0 unspecified atom stereocenters. The van der Waals surface area contributed by atoms with Gasteiger partial charge in [0, 0.05) is 5.69 Å². The van der Waals surface area contributed by atoms with Gasteiger partial charge < -0.3 is 11.1 Å². The zero-order chi connectivity index (χ0) is 14.7. The number of aryl methyl sites for hydroxylation is 1. The zero-order valence-electron chi connectivity index (χ0n) is 10.9. The third-order valence-electron chi connectivity index (χ3n) is 2.86. The minimum Gasteiger partial charge on any atom is -0.399 e. The van der Waals surface area contributed by atoms with Crippen molar-refractivity contribution < 1.29 is 13.6 Å². The Kier molecular flexibility index (Phi) is 3.98. The maximum absolute atomic E-state index is 13.8. The molecule has 0 saturated heterocycles. The second-order valence-electron chi connectivity index (χ2n) is 4.52. The Balaban J connectivity index is 2.15. The minimum atomic E-state index is -0.797. The molecular formula is C15H14F2N2O. The van der Waals surface area contributed by atoms with Crippen molar-refractivity contribution in [3.05, 3.63) is 59.2 Å². The molecule has 0 aliphatic carbocycles. The summed E-state index contributed by atoms with van der Waals surface area (Å²) in [5.74, 6) is -2.06. The van der Waals surface area contributed by atoms with E-state index in [0.717, 1.165) is 6.07 Å². The van der Waals surface area contributed by atoms with Crippen LogP contribution in [0.1, 0.15) is 11.1 Å². The van der Waals surface area contributed by atoms with Crippen LogP contribution in [0.3, 0.4) is 0 Å². The van der Waals surface area contributed by atoms with Gasteiger partial charge >= 0.3 is 0 Å². The first-order chi connectivity index (χ1) is 9.47. The van der Waals surface area contributed by atoms with Crippen molar-refractivity contribution in [1.82, 2.24) is 0 Å². The number of halogens is 2. The lowest BCUT2D eigenvalue weighted by molar-refractivity contribution is -0.115. The quantitative estimate of drug-likeness (QED) is 0.847. The van der Waals surface area contributed by atoms with Crippen molar-refractivity contribution in [2.24, 2.45) is 0 Å². The summed E-state index contributed by atoms with van der Waals surface area (Å²) in [6.45, 7) is 1.50. The third-order valence-corrected chi connectivity index (χ3v) is 2.86. The molecule has 0 fully saturated rings. The van der Waals surface area contributed by atoms with Crippen LogP contribution < -0.4 is 11.1 Å². The predicted molar refractivity (Wildman–Crippen MR) is 74.3 cm³/mol. The molecule has 104 valence electrons. The molecule has 0 aliphatic heterocycles. The second kappa shape index (κ2) is 5.69. The summed E-state index contributed by atoms with van der Waals surface area (Å²) >= 11 is 0. The van der Waals surface area contributed by atoms with E-state index in [1.807, 2.05) is 0 Å². The number of hydrogen-bond donors (Lipinski definition) is 2. The first-order valence-corrected chi connectivity index (χ1v) is 6.06. The molecule has 0 radical (unpaired) electrons. The Labute approximate surface area is 115 Å². The highest BCUT2D eigenvalue weighted by molar-refractivity contribution is 5.92. The van der Waals surface area contributed by atoms with Gasteiger partial charge in [0.25, 0.3) is 0 Å². The van der Waals surface area contributed by atoms with Gasteiger partial charge in [-0.15, -0.1) is 0 Å². The van der Waals surface area contributed by atoms with Gasteiger partial charge in [0.1, 0.15) is 11.5 Å². The first kappa shape index (κ1) is 14.0. The lowest BCUT2D eigenvalue weighted by atomic mass is 10.1. The molecule has 0 aromatic heterocycles. The number of rotatable bonds is 3. The summed E-state index contributed by atoms with van der Waals surface area (Å²) in [5.41, 5.74) is 6.66. The molecule has 2 aromatic carbocycles. The largest absolute Gasteiger partial charge is 0.399 e. The van der Waals surface area contributed by atoms with E-state index >= 15 is 0 Å². The van der Waals surface area contributed by atoms with E-state index < -0.39 is 23.2 Å². The molecular weight excluding hydrogens is 262 g/mol. The molecule has 3 N–H and O–H groups in total. The summed E-state index contributed by atoms with van der Waals surface area (Å²) in [5, 5.41) is 2.26. The highest BCUT2D eigenvalue weighted by Crippen LogP contribution is 2.21. The van der Waals surface area contributed by atoms with Crippen LogP contribution >= 0.6 is 0 Å². The molecule has 20 heavy (non-hydrogen) atoms. The molecule has 5 heteroatoms. The van der Waals surface area contributed by atoms with Crippen molar-refractivity contribution in [2.75, 3.05) is 11.1 Å². The Morgan fingerprint density at radius 2 is 2.00 bits per heavy atom. The Morgan fingerprint density at radius 3 is 2.70 bits per heavy atom. The number of benzene rings is 2. The number of anilines is 2. The number of carbonyl (C=O) groups is 1. The molecule has 2 aromatic rings. The maximum atomic E-state index is 13.8. The lowest BCUT2D eigenvalue weighted by Crippen LogP contribution is -2.17. The Hall–Kier alpha value is -2.43. The smallest absolute Gasteiger partial charge is 0.228 e. The van der Waals surface area contributed by atoms with Gasteiger partial charge in [0.15, 0.2) is 5.82 Å². The van der Waals surface area contributed by atoms with E-state index in [4.69, 9.17) is 5.73 Å². The van der Waals surface area contributed by atoms with Gasteiger partial charge in [-0.05, 0) is 36.2 Å². The molecule has 0 aliphatic rings. The van der Waals surface area contributed by atoms with E-state index in [-0.39, 0.29) is 12.0 Å². The monoisotopic (exact) mass is 276 g/mol. The lowest BCUT2D eigenvalue weighted by Gasteiger charge is -2.09. The fourth-order valence-corrected chi connectivity index (χ4v) is 1.84. The predicted octanol–water partition coefficient (Wildman–Crippen LogP) is 3.04. The highest BCUT2D eigenvalue weighted by atomic mass is 19.1. The molecule has 0 bridgehead atoms. The molecule has 1 amide bonds. The number of carbonyl (C=O) groups excluding carboxylic acids is 1. The van der Waals surface area contributed by atoms with E-state index in [1.54, 1.807) is 24.3 Å². The van der Waals surface area contributed by atoms with E-state index in [1.165, 1.54) is 13.0 Å². The standard InChI is InChI=1S/C15H14F2N2O/c1-9-5-6-12(16)15(14(9)17)19-13(20)8-10-3-2-4-11(18)7-10/h2-7H,8,18H2,1H3,(H,19,20). The van der Waals surface area contributed by atoms with Crippen LogP contribution in [0, 0.1) is 18.6 Å². The summed E-state index contributed by atoms with van der Waals surface area (Å²) in [6, 6.07) is 9.21. The van der Waals surface area contributed by atoms with Crippen LogP contribution in [0.25, 0.3) is 0 Å². The van der Waals surface area contributed by atoms with Gasteiger partial charge in [0.2, 0.25) is 5.91 Å². The van der Waals surface area contributed by atoms with Gasteiger partial charge in [-0.25, -0.2) is 8.78 Å². The van der Waals surface area contributed by atoms with E-state index in [2.05, 4.69) is 5.32 Å². The molecule has 2 rings (SSSR count). The summed E-state index contributed by atoms with van der Waals surface area (Å²) in [7, 11) is 0. The Bertz CT molecular complexity index is 656. The van der Waals surface area contributed by atoms with Crippen molar-refractivity contribution in [1.29, 1.82) is 0 Å². The average molecular weight is 276 g/mol. The van der Waals surface area contributed by atoms with Crippen LogP contribution in [-0.4, -0.2) is 5.91 Å². The summed E-state index contributed by atoms with van der Waals surface area (Å²) in [4.78, 5) is 11.8. The number of nitrogens with two attached hydrogens (primary N) is 1. The first-order valence-electron chi connectivity index (χ1n) is 6.06. The third kappa shape index (κ3) is 3.12. The van der Waals surface area contributed by atoms with Crippen LogP contribution in [-0.2, 0) is 11.2 Å². The van der Waals surface area contributed by atoms with Gasteiger partial charge in [0.05, 0.1) is 6.42 Å². The molecule has 3 nitrogen and oxygen atoms in total. The van der Waals surface area contributed by atoms with Crippen LogP contribution in [0.15, 0.2) is 36.4 Å². The molecule has 0 heterocycles. The SMILES string of the molecule is Cc1ccc(F)c(NC(=O)Cc2cccc(N)c2)c1F. The molecule has 0 atom stereocenters. The minimum absolute atomic E-state index is 0.00212. The van der Waals surface area contributed by atoms with E-state index in [9.17, 15) is 13.6 Å². The van der Waals surface area contributed by atoms with Gasteiger partial charge in [-0.2, -0.15) is 0 Å². The van der Waals surface area contributed by atoms with Gasteiger partial charge in [-0.1, -0.05) is 18.2 Å². The normalized spacial score (nSPS) is 10.3. The summed E-state index contributed by atoms with van der Waals surface area (Å²) < 4.78 is 27.3. The number of nitrogens with one attached hydrogen (secondary N) is 1. The fraction of sp³-hybridized carbons (Fsp3) is 0.133. The van der Waals surface area contributed by atoms with Crippen LogP contribution in [0.2, 0.25) is 0 Å². The Morgan fingerprint density at radius 1 is 1.25 bits per heavy atom. The van der Waals surface area contributed by atoms with Gasteiger partial charge in [-0.3, -0.25) is 4.79 Å². The van der Waals surface area contributed by atoms with Crippen molar-refractivity contribution in [3.63, 3.8) is 0 Å². The van der Waals surface area contributed by atoms with Crippen LogP contribution in [0.5, 0.6) is 0 Å². The number of nitrogen functional groups attached to an aromatic ring is 1. The highest BCUT2D eigenvalue weighted by Gasteiger charge is 2.14. The van der Waals surface area contributed by atoms with Crippen molar-refractivity contribution >= 4 is 17.3 Å². The van der Waals surface area contributed by atoms with Crippen molar-refractivity contribution in [3.8, 4) is 0 Å². The van der Waals surface area contributed by atoms with Crippen LogP contribution in [0.4, 0.5) is 20.2 Å². The maximum Gasteiger partial charge on any atom is 0.228 e. The van der Waals surface area contributed by atoms with E-state index in [0.29, 0.717) is 11.3 Å². The molecule has 0 saturated carbocycles.